The van der Waals surface area contributed by atoms with Crippen molar-refractivity contribution in [2.45, 2.75) is 40.0 Å². The van der Waals surface area contributed by atoms with Crippen molar-refractivity contribution in [1.82, 2.24) is 10.2 Å². The lowest BCUT2D eigenvalue weighted by Gasteiger charge is -2.18. The van der Waals surface area contributed by atoms with Gasteiger partial charge in [0.1, 0.15) is 0 Å². The van der Waals surface area contributed by atoms with Crippen molar-refractivity contribution in [2.24, 2.45) is 11.7 Å². The molecule has 0 aliphatic heterocycles. The molecule has 0 saturated carbocycles. The van der Waals surface area contributed by atoms with E-state index < -0.39 is 0 Å². The summed E-state index contributed by atoms with van der Waals surface area (Å²) in [5.74, 6) is 0.428. The zero-order valence-electron chi connectivity index (χ0n) is 12.3. The van der Waals surface area contributed by atoms with Gasteiger partial charge in [-0.3, -0.25) is 9.59 Å². The van der Waals surface area contributed by atoms with Crippen LogP contribution in [0.4, 0.5) is 0 Å². The number of hydrogen-bond acceptors (Lipinski definition) is 3. The maximum absolute atomic E-state index is 11.7. The fraction of sp³-hybridized carbons (Fsp3) is 0.846. The van der Waals surface area contributed by atoms with Gasteiger partial charge in [0.2, 0.25) is 11.8 Å². The van der Waals surface area contributed by atoms with E-state index >= 15 is 0 Å². The number of hydrogen-bond donors (Lipinski definition) is 2. The van der Waals surface area contributed by atoms with E-state index in [-0.39, 0.29) is 24.2 Å². The molecule has 1 atom stereocenters. The smallest absolute Gasteiger partial charge is 0.222 e. The van der Waals surface area contributed by atoms with Gasteiger partial charge >= 0.3 is 0 Å². The monoisotopic (exact) mass is 293 g/mol. The normalized spacial score (nSPS) is 11.4. The third-order valence-electron chi connectivity index (χ3n) is 2.96. The molecule has 3 N–H and O–H groups in total. The lowest BCUT2D eigenvalue weighted by atomic mass is 10.1. The average Bonchev–Trinajstić information content (AvgIpc) is 2.37. The van der Waals surface area contributed by atoms with Gasteiger partial charge in [0.05, 0.1) is 0 Å². The van der Waals surface area contributed by atoms with Crippen molar-refractivity contribution in [1.29, 1.82) is 0 Å². The number of carbonyl (C=O) groups excluding carboxylic acids is 2. The Morgan fingerprint density at radius 1 is 1.21 bits per heavy atom. The SMILES string of the molecule is CCN(CC)C(=O)CCCC(=O)NCC(C)CN.Cl. The summed E-state index contributed by atoms with van der Waals surface area (Å²) in [6.45, 7) is 8.56. The van der Waals surface area contributed by atoms with Gasteiger partial charge in [-0.2, -0.15) is 0 Å². The number of nitrogens with two attached hydrogens (primary N) is 1. The first-order chi connectivity index (χ1) is 8.54. The first kappa shape index (κ1) is 20.5. The van der Waals surface area contributed by atoms with Crippen LogP contribution < -0.4 is 11.1 Å². The molecule has 0 aliphatic rings. The highest BCUT2D eigenvalue weighted by Gasteiger charge is 2.10. The maximum atomic E-state index is 11.7. The van der Waals surface area contributed by atoms with Crippen LogP contribution in [0.15, 0.2) is 0 Å². The zero-order chi connectivity index (χ0) is 14.0. The highest BCUT2D eigenvalue weighted by Crippen LogP contribution is 2.01. The number of carbonyl (C=O) groups is 2. The van der Waals surface area contributed by atoms with E-state index in [4.69, 9.17) is 5.73 Å². The van der Waals surface area contributed by atoms with Crippen LogP contribution in [0.5, 0.6) is 0 Å². The fourth-order valence-corrected chi connectivity index (χ4v) is 1.59. The summed E-state index contributed by atoms with van der Waals surface area (Å²) in [5, 5.41) is 2.82. The van der Waals surface area contributed by atoms with Crippen molar-refractivity contribution in [3.8, 4) is 0 Å². The lowest BCUT2D eigenvalue weighted by Crippen LogP contribution is -2.32. The van der Waals surface area contributed by atoms with Crippen LogP contribution in [0.25, 0.3) is 0 Å². The average molecular weight is 294 g/mol. The first-order valence-electron chi connectivity index (χ1n) is 6.79. The van der Waals surface area contributed by atoms with Crippen LogP contribution in [0.2, 0.25) is 0 Å². The summed E-state index contributed by atoms with van der Waals surface area (Å²) in [7, 11) is 0. The Balaban J connectivity index is 0. The number of halogens is 1. The minimum absolute atomic E-state index is 0. The molecule has 2 amide bonds. The predicted octanol–water partition coefficient (Wildman–Crippen LogP) is 1.16. The Hall–Kier alpha value is -0.810. The van der Waals surface area contributed by atoms with Gasteiger partial charge in [-0.1, -0.05) is 6.92 Å². The van der Waals surface area contributed by atoms with Crippen LogP contribution in [-0.4, -0.2) is 42.9 Å². The second-order valence-electron chi connectivity index (χ2n) is 4.56. The summed E-state index contributed by atoms with van der Waals surface area (Å²) in [6.07, 6.45) is 1.46. The summed E-state index contributed by atoms with van der Waals surface area (Å²) in [5.41, 5.74) is 5.46. The highest BCUT2D eigenvalue weighted by atomic mass is 35.5. The molecular formula is C13H28ClN3O2. The topological polar surface area (TPSA) is 75.4 Å². The summed E-state index contributed by atoms with van der Waals surface area (Å²) < 4.78 is 0. The number of nitrogens with one attached hydrogen (secondary N) is 1. The molecule has 19 heavy (non-hydrogen) atoms. The quantitative estimate of drug-likeness (QED) is 0.670. The molecule has 0 aromatic rings. The minimum Gasteiger partial charge on any atom is -0.356 e. The largest absolute Gasteiger partial charge is 0.356 e. The van der Waals surface area contributed by atoms with Gasteiger partial charge in [0.25, 0.3) is 0 Å². The van der Waals surface area contributed by atoms with E-state index in [0.29, 0.717) is 38.3 Å². The van der Waals surface area contributed by atoms with E-state index in [1.54, 1.807) is 4.90 Å². The molecule has 0 spiro atoms. The van der Waals surface area contributed by atoms with Crippen molar-refractivity contribution < 1.29 is 9.59 Å². The van der Waals surface area contributed by atoms with Gasteiger partial charge in [0, 0.05) is 32.5 Å². The molecular weight excluding hydrogens is 266 g/mol. The molecule has 5 nitrogen and oxygen atoms in total. The molecule has 0 rings (SSSR count). The molecule has 0 aromatic heterocycles. The molecule has 0 fully saturated rings. The standard InChI is InChI=1S/C13H27N3O2.ClH/c1-4-16(5-2)13(18)8-6-7-12(17)15-10-11(3)9-14;/h11H,4-10,14H2,1-3H3,(H,15,17);1H. The van der Waals surface area contributed by atoms with Crippen LogP contribution in [0.1, 0.15) is 40.0 Å². The zero-order valence-corrected chi connectivity index (χ0v) is 13.1. The predicted molar refractivity (Wildman–Crippen MR) is 80.3 cm³/mol. The minimum atomic E-state index is 0. The molecule has 0 radical (unpaired) electrons. The molecule has 0 aliphatic carbocycles. The van der Waals surface area contributed by atoms with Crippen molar-refractivity contribution >= 4 is 24.2 Å². The Morgan fingerprint density at radius 3 is 2.26 bits per heavy atom. The van der Waals surface area contributed by atoms with Gasteiger partial charge in [-0.25, -0.2) is 0 Å². The van der Waals surface area contributed by atoms with Gasteiger partial charge in [-0.05, 0) is 32.7 Å². The molecule has 6 heteroatoms. The Bertz CT molecular complexity index is 258. The Labute approximate surface area is 122 Å². The third kappa shape index (κ3) is 9.73. The van der Waals surface area contributed by atoms with Gasteiger partial charge in [-0.15, -0.1) is 12.4 Å². The molecule has 0 saturated heterocycles. The van der Waals surface area contributed by atoms with Crippen LogP contribution >= 0.6 is 12.4 Å². The third-order valence-corrected chi connectivity index (χ3v) is 2.96. The second kappa shape index (κ2) is 12.2. The highest BCUT2D eigenvalue weighted by molar-refractivity contribution is 5.85. The fourth-order valence-electron chi connectivity index (χ4n) is 1.59. The number of rotatable bonds is 9. The molecule has 0 aromatic carbocycles. The summed E-state index contributed by atoms with van der Waals surface area (Å²) in [6, 6.07) is 0. The van der Waals surface area contributed by atoms with E-state index in [2.05, 4.69) is 5.32 Å². The second-order valence-corrected chi connectivity index (χ2v) is 4.56. The van der Waals surface area contributed by atoms with Gasteiger partial charge in [0.15, 0.2) is 0 Å². The van der Waals surface area contributed by atoms with Crippen molar-refractivity contribution in [3.63, 3.8) is 0 Å². The molecule has 1 unspecified atom stereocenters. The molecule has 0 heterocycles. The number of nitrogens with zero attached hydrogens (tertiary/aromatic N) is 1. The Morgan fingerprint density at radius 2 is 1.79 bits per heavy atom. The maximum Gasteiger partial charge on any atom is 0.222 e. The molecule has 114 valence electrons. The summed E-state index contributed by atoms with van der Waals surface area (Å²) >= 11 is 0. The van der Waals surface area contributed by atoms with Crippen LogP contribution in [0.3, 0.4) is 0 Å². The van der Waals surface area contributed by atoms with Crippen LogP contribution in [0, 0.1) is 5.92 Å². The first-order valence-corrected chi connectivity index (χ1v) is 6.79. The Kier molecular flexibility index (Phi) is 13.2. The molecule has 0 bridgehead atoms. The number of amides is 2. The van der Waals surface area contributed by atoms with Crippen LogP contribution in [-0.2, 0) is 9.59 Å². The summed E-state index contributed by atoms with van der Waals surface area (Å²) in [4.78, 5) is 24.9. The van der Waals surface area contributed by atoms with E-state index in [0.717, 1.165) is 13.1 Å². The van der Waals surface area contributed by atoms with E-state index in [1.165, 1.54) is 0 Å². The van der Waals surface area contributed by atoms with E-state index in [1.807, 2.05) is 20.8 Å². The van der Waals surface area contributed by atoms with Crippen molar-refractivity contribution in [2.75, 3.05) is 26.2 Å². The van der Waals surface area contributed by atoms with Gasteiger partial charge < -0.3 is 16.0 Å². The van der Waals surface area contributed by atoms with E-state index in [9.17, 15) is 9.59 Å². The lowest BCUT2D eigenvalue weighted by molar-refractivity contribution is -0.131. The van der Waals surface area contributed by atoms with Crippen molar-refractivity contribution in [3.05, 3.63) is 0 Å².